The summed E-state index contributed by atoms with van der Waals surface area (Å²) in [7, 11) is 0. The van der Waals surface area contributed by atoms with Gasteiger partial charge in [0, 0.05) is 39.9 Å². The first-order valence-corrected chi connectivity index (χ1v) is 13.7. The van der Waals surface area contributed by atoms with Gasteiger partial charge in [-0.3, -0.25) is 4.79 Å². The summed E-state index contributed by atoms with van der Waals surface area (Å²) in [6.45, 7) is 12.0. The van der Waals surface area contributed by atoms with Crippen LogP contribution in [0.2, 0.25) is 0 Å². The topological polar surface area (TPSA) is 91.6 Å². The molecule has 0 bridgehead atoms. The van der Waals surface area contributed by atoms with Gasteiger partial charge in [0.15, 0.2) is 0 Å². The number of para-hydroxylation sites is 1. The maximum Gasteiger partial charge on any atom is 0.275 e. The molecule has 0 unspecified atom stereocenters. The minimum absolute atomic E-state index is 0.0125. The number of carbonyl (C=O) groups excluding carboxylic acids is 1. The number of rotatable bonds is 5. The van der Waals surface area contributed by atoms with Crippen LogP contribution in [-0.4, -0.2) is 34.0 Å². The fraction of sp³-hybridized carbons (Fsp3) is 0.176. The van der Waals surface area contributed by atoms with E-state index in [4.69, 9.17) is 14.6 Å². The summed E-state index contributed by atoms with van der Waals surface area (Å²) in [5.74, 6) is 1.05. The molecule has 210 valence electrons. The second-order valence-electron chi connectivity index (χ2n) is 8.72. The maximum atomic E-state index is 13.9. The first-order chi connectivity index (χ1) is 20.0. The SMILES string of the molecule is C=CCOc1ccccc1C=NN1C(=O)c2ccccc2C12c1ccc(O)cc1Oc1cc(O)ccc12.CC.CC. The first-order valence-electron chi connectivity index (χ1n) is 13.7. The Labute approximate surface area is 240 Å². The number of amides is 1. The van der Waals surface area contributed by atoms with E-state index in [1.807, 2.05) is 70.2 Å². The summed E-state index contributed by atoms with van der Waals surface area (Å²) >= 11 is 0. The van der Waals surface area contributed by atoms with Crippen LogP contribution in [0.15, 0.2) is 103 Å². The van der Waals surface area contributed by atoms with Gasteiger partial charge in [0.25, 0.3) is 5.91 Å². The Morgan fingerprint density at radius 2 is 1.44 bits per heavy atom. The normalized spacial score (nSPS) is 13.6. The molecule has 6 rings (SSSR count). The molecule has 2 aliphatic heterocycles. The molecule has 1 amide bonds. The molecule has 7 nitrogen and oxygen atoms in total. The van der Waals surface area contributed by atoms with E-state index in [0.29, 0.717) is 46.1 Å². The van der Waals surface area contributed by atoms with Gasteiger partial charge >= 0.3 is 0 Å². The summed E-state index contributed by atoms with van der Waals surface area (Å²) in [5, 5.41) is 26.6. The Hall–Kier alpha value is -5.04. The maximum absolute atomic E-state index is 13.9. The molecule has 0 aromatic heterocycles. The molecular formula is C34H34N2O5. The number of benzene rings is 4. The van der Waals surface area contributed by atoms with Crippen LogP contribution < -0.4 is 9.47 Å². The molecule has 4 aromatic carbocycles. The molecule has 0 saturated heterocycles. The fourth-order valence-electron chi connectivity index (χ4n) is 5.06. The lowest BCUT2D eigenvalue weighted by atomic mass is 9.75. The quantitative estimate of drug-likeness (QED) is 0.197. The van der Waals surface area contributed by atoms with Crippen LogP contribution in [0.25, 0.3) is 0 Å². The number of phenols is 2. The Morgan fingerprint density at radius 1 is 0.854 bits per heavy atom. The summed E-state index contributed by atoms with van der Waals surface area (Å²) < 4.78 is 11.9. The van der Waals surface area contributed by atoms with Gasteiger partial charge in [-0.1, -0.05) is 70.7 Å². The van der Waals surface area contributed by atoms with Crippen molar-refractivity contribution in [2.45, 2.75) is 33.2 Å². The highest BCUT2D eigenvalue weighted by atomic mass is 16.5. The van der Waals surface area contributed by atoms with Gasteiger partial charge in [0.2, 0.25) is 0 Å². The zero-order chi connectivity index (χ0) is 29.6. The number of aromatic hydroxyl groups is 2. The molecule has 0 atom stereocenters. The van der Waals surface area contributed by atoms with Crippen LogP contribution in [0.5, 0.6) is 28.7 Å². The van der Waals surface area contributed by atoms with E-state index in [1.54, 1.807) is 42.6 Å². The highest BCUT2D eigenvalue weighted by Gasteiger charge is 2.57. The van der Waals surface area contributed by atoms with Crippen LogP contribution in [0.4, 0.5) is 0 Å². The summed E-state index contributed by atoms with van der Waals surface area (Å²) in [4.78, 5) is 13.9. The lowest BCUT2D eigenvalue weighted by Crippen LogP contribution is -2.44. The van der Waals surface area contributed by atoms with Gasteiger partial charge in [-0.2, -0.15) is 5.10 Å². The van der Waals surface area contributed by atoms with Gasteiger partial charge in [0.05, 0.1) is 6.21 Å². The average Bonchev–Trinajstić information content (AvgIpc) is 3.25. The zero-order valence-electron chi connectivity index (χ0n) is 23.7. The summed E-state index contributed by atoms with van der Waals surface area (Å²) in [5.41, 5.74) is 1.97. The van der Waals surface area contributed by atoms with Gasteiger partial charge in [-0.25, -0.2) is 5.01 Å². The largest absolute Gasteiger partial charge is 0.508 e. The standard InChI is InChI=1S/C30H22N2O5.2C2H6/c1-2-15-36-26-10-6-3-7-19(26)18-31-32-29(35)22-8-4-5-9-23(22)30(32)24-13-11-20(33)16-27(24)37-28-17-21(34)12-14-25(28)30;2*1-2/h2-14,16-18,33-34H,1,15H2;2*1-2H3. The lowest BCUT2D eigenvalue weighted by molar-refractivity contribution is 0.0675. The predicted octanol–water partition coefficient (Wildman–Crippen LogP) is 7.60. The van der Waals surface area contributed by atoms with E-state index >= 15 is 0 Å². The Kier molecular flexibility index (Phi) is 8.78. The number of hydrogen-bond donors (Lipinski definition) is 2. The molecule has 0 radical (unpaired) electrons. The second kappa shape index (κ2) is 12.4. The molecular weight excluding hydrogens is 516 g/mol. The number of hydrazone groups is 1. The van der Waals surface area contributed by atoms with E-state index in [0.717, 1.165) is 5.56 Å². The fourth-order valence-corrected chi connectivity index (χ4v) is 5.06. The van der Waals surface area contributed by atoms with Crippen molar-refractivity contribution in [3.8, 4) is 28.7 Å². The smallest absolute Gasteiger partial charge is 0.275 e. The van der Waals surface area contributed by atoms with Crippen molar-refractivity contribution in [2.75, 3.05) is 6.61 Å². The van der Waals surface area contributed by atoms with Gasteiger partial charge in [-0.15, -0.1) is 0 Å². The predicted molar refractivity (Wildman–Crippen MR) is 161 cm³/mol. The third-order valence-electron chi connectivity index (χ3n) is 6.58. The Morgan fingerprint density at radius 3 is 2.07 bits per heavy atom. The molecule has 1 spiro atoms. The van der Waals surface area contributed by atoms with Crippen molar-refractivity contribution in [1.29, 1.82) is 0 Å². The van der Waals surface area contributed by atoms with Crippen molar-refractivity contribution >= 4 is 12.1 Å². The number of ether oxygens (including phenoxy) is 2. The Balaban J connectivity index is 0.000000929. The third-order valence-corrected chi connectivity index (χ3v) is 6.58. The van der Waals surface area contributed by atoms with E-state index < -0.39 is 5.54 Å². The number of nitrogens with zero attached hydrogens (tertiary/aromatic N) is 2. The Bertz CT molecular complexity index is 1540. The van der Waals surface area contributed by atoms with Gasteiger partial charge in [-0.05, 0) is 42.5 Å². The number of carbonyl (C=O) groups is 1. The van der Waals surface area contributed by atoms with Crippen LogP contribution in [0, 0.1) is 0 Å². The minimum Gasteiger partial charge on any atom is -0.508 e. The van der Waals surface area contributed by atoms with E-state index in [1.165, 1.54) is 17.1 Å². The summed E-state index contributed by atoms with van der Waals surface area (Å²) in [6.07, 6.45) is 3.25. The molecule has 41 heavy (non-hydrogen) atoms. The van der Waals surface area contributed by atoms with Crippen LogP contribution in [0.1, 0.15) is 60.3 Å². The van der Waals surface area contributed by atoms with Crippen LogP contribution in [0.3, 0.4) is 0 Å². The molecule has 0 fully saturated rings. The van der Waals surface area contributed by atoms with E-state index in [9.17, 15) is 15.0 Å². The van der Waals surface area contributed by atoms with Crippen molar-refractivity contribution in [1.82, 2.24) is 5.01 Å². The van der Waals surface area contributed by atoms with Gasteiger partial charge < -0.3 is 19.7 Å². The molecule has 2 N–H and O–H groups in total. The van der Waals surface area contributed by atoms with Crippen molar-refractivity contribution in [3.63, 3.8) is 0 Å². The number of phenolic OH excluding ortho intramolecular Hbond substituents is 2. The molecule has 7 heteroatoms. The highest BCUT2D eigenvalue weighted by Crippen LogP contribution is 2.58. The monoisotopic (exact) mass is 550 g/mol. The van der Waals surface area contributed by atoms with Crippen molar-refractivity contribution in [2.24, 2.45) is 5.10 Å². The number of hydrogen-bond acceptors (Lipinski definition) is 6. The zero-order valence-corrected chi connectivity index (χ0v) is 23.7. The molecule has 0 aliphatic carbocycles. The molecule has 2 aliphatic rings. The van der Waals surface area contributed by atoms with Crippen LogP contribution >= 0.6 is 0 Å². The van der Waals surface area contributed by atoms with Crippen LogP contribution in [-0.2, 0) is 5.54 Å². The second-order valence-corrected chi connectivity index (χ2v) is 8.72. The van der Waals surface area contributed by atoms with E-state index in [2.05, 4.69) is 6.58 Å². The minimum atomic E-state index is -1.20. The van der Waals surface area contributed by atoms with Crippen molar-refractivity contribution in [3.05, 3.63) is 125 Å². The molecule has 2 heterocycles. The third kappa shape index (κ3) is 4.91. The van der Waals surface area contributed by atoms with Crippen molar-refractivity contribution < 1.29 is 24.5 Å². The molecule has 0 saturated carbocycles. The molecule has 4 aromatic rings. The lowest BCUT2D eigenvalue weighted by Gasteiger charge is -2.41. The number of fused-ring (bicyclic) bond motifs is 6. The van der Waals surface area contributed by atoms with E-state index in [-0.39, 0.29) is 17.4 Å². The van der Waals surface area contributed by atoms with Gasteiger partial charge in [0.1, 0.15) is 40.9 Å². The highest BCUT2D eigenvalue weighted by molar-refractivity contribution is 6.03. The average molecular weight is 551 g/mol. The first kappa shape index (κ1) is 29.0. The summed E-state index contributed by atoms with van der Waals surface area (Å²) in [6, 6.07) is 24.3.